The number of thiophene rings is 1. The summed E-state index contributed by atoms with van der Waals surface area (Å²) in [6.07, 6.45) is 3.21. The van der Waals surface area contributed by atoms with E-state index in [9.17, 15) is 4.79 Å². The van der Waals surface area contributed by atoms with Crippen molar-refractivity contribution >= 4 is 38.5 Å². The van der Waals surface area contributed by atoms with Gasteiger partial charge in [-0.1, -0.05) is 54.6 Å². The highest BCUT2D eigenvalue weighted by atomic mass is 32.1. The third kappa shape index (κ3) is 4.54. The monoisotopic (exact) mass is 381 g/mol. The zero-order valence-corrected chi connectivity index (χ0v) is 15.3. The molecule has 2 aromatic carbocycles. The molecule has 4 rings (SSSR count). The van der Waals surface area contributed by atoms with E-state index in [2.05, 4.69) is 35.7 Å². The number of carbonyl (C=O) groups excluding carboxylic acids is 1. The van der Waals surface area contributed by atoms with Crippen molar-refractivity contribution in [3.63, 3.8) is 0 Å². The van der Waals surface area contributed by atoms with Crippen LogP contribution in [0.25, 0.3) is 21.2 Å². The van der Waals surface area contributed by atoms with Crippen molar-refractivity contribution in [1.29, 1.82) is 0 Å². The highest BCUT2D eigenvalue weighted by molar-refractivity contribution is 7.23. The first-order chi connectivity index (χ1) is 13.1. The number of carboxylic acid groups (broad SMARTS) is 2. The van der Waals surface area contributed by atoms with Gasteiger partial charge in [-0.3, -0.25) is 4.79 Å². The van der Waals surface area contributed by atoms with Crippen LogP contribution in [0, 0.1) is 0 Å². The summed E-state index contributed by atoms with van der Waals surface area (Å²) in [6.45, 7) is 0. The molecular weight excluding hydrogens is 362 g/mol. The number of carbonyl (C=O) groups is 2. The molecule has 1 aliphatic carbocycles. The second-order valence-electron chi connectivity index (χ2n) is 6.03. The Morgan fingerprint density at radius 1 is 0.963 bits per heavy atom. The number of fused-ring (bicyclic) bond motifs is 1. The van der Waals surface area contributed by atoms with E-state index in [1.165, 1.54) is 10.1 Å². The van der Waals surface area contributed by atoms with Gasteiger partial charge in [0, 0.05) is 21.2 Å². The van der Waals surface area contributed by atoms with Crippen LogP contribution in [-0.2, 0) is 4.79 Å². The molecule has 0 aliphatic heterocycles. The molecule has 1 amide bonds. The fourth-order valence-corrected chi connectivity index (χ4v) is 4.21. The molecule has 0 unspecified atom stereocenters. The Labute approximate surface area is 160 Å². The van der Waals surface area contributed by atoms with Crippen LogP contribution in [0.15, 0.2) is 66.2 Å². The summed E-state index contributed by atoms with van der Waals surface area (Å²) in [5.41, 5.74) is 3.18. The van der Waals surface area contributed by atoms with E-state index in [-0.39, 0.29) is 5.91 Å². The van der Waals surface area contributed by atoms with Crippen molar-refractivity contribution in [3.8, 4) is 11.1 Å². The molecule has 6 heteroatoms. The minimum Gasteiger partial charge on any atom is -0.450 e. The number of benzene rings is 2. The number of nitrogens with one attached hydrogen (secondary N) is 1. The predicted molar refractivity (Wildman–Crippen MR) is 108 cm³/mol. The molecule has 138 valence electrons. The molecule has 0 saturated heterocycles. The molecule has 0 bridgehead atoms. The van der Waals surface area contributed by atoms with E-state index < -0.39 is 6.16 Å². The smallest absolute Gasteiger partial charge is 0.450 e. The van der Waals surface area contributed by atoms with Crippen LogP contribution in [0.1, 0.15) is 19.3 Å². The van der Waals surface area contributed by atoms with Crippen molar-refractivity contribution in [3.05, 3.63) is 66.2 Å². The Kier molecular flexibility index (Phi) is 5.88. The van der Waals surface area contributed by atoms with E-state index in [0.29, 0.717) is 0 Å². The second kappa shape index (κ2) is 8.51. The zero-order chi connectivity index (χ0) is 19.2. The molecule has 0 saturated carbocycles. The maximum atomic E-state index is 12.5. The SMILES string of the molecule is O=C(Nc1sc2ccccc2c1-c1ccccc1)C1=CCCC1.O=C(O)O. The lowest BCUT2D eigenvalue weighted by Crippen LogP contribution is -2.12. The van der Waals surface area contributed by atoms with Crippen LogP contribution in [-0.4, -0.2) is 22.3 Å². The van der Waals surface area contributed by atoms with Crippen LogP contribution in [0.5, 0.6) is 0 Å². The van der Waals surface area contributed by atoms with Gasteiger partial charge in [0.05, 0.1) is 0 Å². The van der Waals surface area contributed by atoms with Crippen molar-refractivity contribution in [2.75, 3.05) is 5.32 Å². The van der Waals surface area contributed by atoms with Crippen molar-refractivity contribution in [2.45, 2.75) is 19.3 Å². The molecule has 3 aromatic rings. The number of hydrogen-bond donors (Lipinski definition) is 3. The lowest BCUT2D eigenvalue weighted by atomic mass is 10.0. The van der Waals surface area contributed by atoms with E-state index in [1.54, 1.807) is 11.3 Å². The highest BCUT2D eigenvalue weighted by Crippen LogP contribution is 2.42. The molecule has 0 spiro atoms. The van der Waals surface area contributed by atoms with E-state index >= 15 is 0 Å². The molecule has 0 fully saturated rings. The molecule has 0 radical (unpaired) electrons. The second-order valence-corrected chi connectivity index (χ2v) is 7.08. The summed E-state index contributed by atoms with van der Waals surface area (Å²) >= 11 is 1.65. The van der Waals surface area contributed by atoms with Gasteiger partial charge < -0.3 is 15.5 Å². The number of hydrogen-bond acceptors (Lipinski definition) is 3. The zero-order valence-electron chi connectivity index (χ0n) is 14.5. The molecule has 1 aromatic heterocycles. The van der Waals surface area contributed by atoms with Gasteiger partial charge >= 0.3 is 6.16 Å². The van der Waals surface area contributed by atoms with Crippen LogP contribution in [0.2, 0.25) is 0 Å². The van der Waals surface area contributed by atoms with Crippen LogP contribution >= 0.6 is 11.3 Å². The summed E-state index contributed by atoms with van der Waals surface area (Å²) in [4.78, 5) is 21.1. The van der Waals surface area contributed by atoms with Gasteiger partial charge in [-0.05, 0) is 30.9 Å². The minimum atomic E-state index is -1.83. The van der Waals surface area contributed by atoms with Gasteiger partial charge in [0.1, 0.15) is 5.00 Å². The van der Waals surface area contributed by atoms with Crippen LogP contribution < -0.4 is 5.32 Å². The van der Waals surface area contributed by atoms with Gasteiger partial charge in [0.25, 0.3) is 5.91 Å². The Morgan fingerprint density at radius 2 is 1.63 bits per heavy atom. The van der Waals surface area contributed by atoms with Crippen LogP contribution in [0.3, 0.4) is 0 Å². The average Bonchev–Trinajstić information content (AvgIpc) is 3.29. The van der Waals surface area contributed by atoms with Gasteiger partial charge in [0.15, 0.2) is 0 Å². The maximum absolute atomic E-state index is 12.5. The number of allylic oxidation sites excluding steroid dienone is 1. The molecule has 3 N–H and O–H groups in total. The van der Waals surface area contributed by atoms with Gasteiger partial charge in [-0.15, -0.1) is 11.3 Å². The Bertz CT molecular complexity index is 988. The fourth-order valence-electron chi connectivity index (χ4n) is 3.09. The Morgan fingerprint density at radius 3 is 2.30 bits per heavy atom. The summed E-state index contributed by atoms with van der Waals surface area (Å²) < 4.78 is 1.20. The summed E-state index contributed by atoms with van der Waals surface area (Å²) in [6, 6.07) is 18.6. The summed E-state index contributed by atoms with van der Waals surface area (Å²) in [5, 5.41) is 19.2. The molecule has 5 nitrogen and oxygen atoms in total. The topological polar surface area (TPSA) is 86.6 Å². The largest absolute Gasteiger partial charge is 0.503 e. The van der Waals surface area contributed by atoms with E-state index in [4.69, 9.17) is 15.0 Å². The number of amides is 1. The fraction of sp³-hybridized carbons (Fsp3) is 0.143. The lowest BCUT2D eigenvalue weighted by Gasteiger charge is -2.08. The quantitative estimate of drug-likeness (QED) is 0.532. The summed E-state index contributed by atoms with van der Waals surface area (Å²) in [7, 11) is 0. The first-order valence-corrected chi connectivity index (χ1v) is 9.37. The van der Waals surface area contributed by atoms with Gasteiger partial charge in [-0.25, -0.2) is 4.79 Å². The maximum Gasteiger partial charge on any atom is 0.503 e. The number of rotatable bonds is 3. The van der Waals surface area contributed by atoms with E-state index in [0.717, 1.165) is 41.0 Å². The first kappa shape index (κ1) is 18.7. The van der Waals surface area contributed by atoms with Crippen molar-refractivity contribution < 1.29 is 19.8 Å². The Balaban J connectivity index is 0.000000481. The average molecular weight is 381 g/mol. The molecule has 1 heterocycles. The predicted octanol–water partition coefficient (Wildman–Crippen LogP) is 5.84. The first-order valence-electron chi connectivity index (χ1n) is 8.55. The third-order valence-corrected chi connectivity index (χ3v) is 5.30. The summed E-state index contributed by atoms with van der Waals surface area (Å²) in [5.74, 6) is 0.0474. The van der Waals surface area contributed by atoms with Crippen molar-refractivity contribution in [2.24, 2.45) is 0 Å². The molecule has 0 atom stereocenters. The third-order valence-electron chi connectivity index (χ3n) is 4.22. The highest BCUT2D eigenvalue weighted by Gasteiger charge is 2.18. The molecular formula is C21H19NO4S. The molecule has 1 aliphatic rings. The van der Waals surface area contributed by atoms with Crippen molar-refractivity contribution in [1.82, 2.24) is 0 Å². The molecule has 27 heavy (non-hydrogen) atoms. The lowest BCUT2D eigenvalue weighted by molar-refractivity contribution is -0.112. The van der Waals surface area contributed by atoms with Gasteiger partial charge in [0.2, 0.25) is 0 Å². The normalized spacial score (nSPS) is 12.8. The number of anilines is 1. The van der Waals surface area contributed by atoms with Gasteiger partial charge in [-0.2, -0.15) is 0 Å². The Hall–Kier alpha value is -3.12. The van der Waals surface area contributed by atoms with E-state index in [1.807, 2.05) is 30.3 Å². The minimum absolute atomic E-state index is 0.0474. The standard InChI is InChI=1S/C20H17NOS.CH2O3/c22-19(15-10-4-5-11-15)21-20-18(14-8-2-1-3-9-14)16-12-6-7-13-17(16)23-20;2-1(3)4/h1-3,6-10,12-13H,4-5,11H2,(H,21,22);(H2,2,3,4). The van der Waals surface area contributed by atoms with Crippen LogP contribution in [0.4, 0.5) is 9.80 Å².